The maximum absolute atomic E-state index is 12.9. The van der Waals surface area contributed by atoms with Crippen LogP contribution < -0.4 is 5.32 Å². The molecule has 0 aromatic rings. The Hall–Kier alpha value is -0.570. The number of nitrogens with zero attached hydrogens (tertiary/aromatic N) is 1. The van der Waals surface area contributed by atoms with Crippen LogP contribution in [0.5, 0.6) is 0 Å². The van der Waals surface area contributed by atoms with E-state index in [0.717, 1.165) is 25.3 Å². The summed E-state index contributed by atoms with van der Waals surface area (Å²) in [4.78, 5) is 15.2. The lowest BCUT2D eigenvalue weighted by molar-refractivity contribution is -0.131. The van der Waals surface area contributed by atoms with Crippen molar-refractivity contribution in [2.75, 3.05) is 6.54 Å². The van der Waals surface area contributed by atoms with E-state index in [1.54, 1.807) is 0 Å². The second kappa shape index (κ2) is 5.26. The number of carbonyl (C=O) groups excluding carboxylic acids is 1. The van der Waals surface area contributed by atoms with Gasteiger partial charge in [0.1, 0.15) is 0 Å². The van der Waals surface area contributed by atoms with Crippen molar-refractivity contribution in [2.24, 2.45) is 17.3 Å². The molecule has 3 heteroatoms. The highest BCUT2D eigenvalue weighted by atomic mass is 16.2. The molecule has 0 aromatic heterocycles. The smallest absolute Gasteiger partial charge is 0.241 e. The summed E-state index contributed by atoms with van der Waals surface area (Å²) in [6.07, 6.45) is 13.4. The Kier molecular flexibility index (Phi) is 3.52. The molecule has 4 aliphatic rings. The van der Waals surface area contributed by atoms with Gasteiger partial charge in [0.05, 0.1) is 12.2 Å². The van der Waals surface area contributed by atoms with E-state index >= 15 is 0 Å². The Labute approximate surface area is 128 Å². The summed E-state index contributed by atoms with van der Waals surface area (Å²) in [5.41, 5.74) is 0.537. The van der Waals surface area contributed by atoms with Gasteiger partial charge in [0.2, 0.25) is 5.91 Å². The van der Waals surface area contributed by atoms with Gasteiger partial charge in [-0.15, -0.1) is 0 Å². The van der Waals surface area contributed by atoms with Crippen molar-refractivity contribution in [3.05, 3.63) is 0 Å². The minimum Gasteiger partial charge on any atom is -0.325 e. The first-order chi connectivity index (χ1) is 10.2. The van der Waals surface area contributed by atoms with Gasteiger partial charge in [-0.2, -0.15) is 0 Å². The molecular weight excluding hydrogens is 260 g/mol. The number of hydrogen-bond donors (Lipinski definition) is 1. The summed E-state index contributed by atoms with van der Waals surface area (Å²) in [5, 5.41) is 3.72. The molecule has 0 spiro atoms. The van der Waals surface area contributed by atoms with E-state index in [4.69, 9.17) is 0 Å². The van der Waals surface area contributed by atoms with E-state index < -0.39 is 0 Å². The molecule has 1 N–H and O–H groups in total. The lowest BCUT2D eigenvalue weighted by atomic mass is 9.97. The number of amides is 1. The Morgan fingerprint density at radius 3 is 2.48 bits per heavy atom. The highest BCUT2D eigenvalue weighted by Crippen LogP contribution is 2.62. The largest absolute Gasteiger partial charge is 0.325 e. The van der Waals surface area contributed by atoms with Gasteiger partial charge in [0.15, 0.2) is 0 Å². The van der Waals surface area contributed by atoms with E-state index in [-0.39, 0.29) is 6.04 Å². The van der Waals surface area contributed by atoms with Crippen LogP contribution in [0.3, 0.4) is 0 Å². The molecule has 3 nitrogen and oxygen atoms in total. The number of carbonyl (C=O) groups is 1. The minimum absolute atomic E-state index is 0.107. The monoisotopic (exact) mass is 290 g/mol. The van der Waals surface area contributed by atoms with Crippen LogP contribution in [0.15, 0.2) is 0 Å². The molecule has 1 aliphatic heterocycles. The number of nitrogens with one attached hydrogen (secondary N) is 1. The number of hydrogen-bond acceptors (Lipinski definition) is 2. The predicted octanol–water partition coefficient (Wildman–Crippen LogP) is 3.29. The van der Waals surface area contributed by atoms with Crippen LogP contribution in [0.1, 0.15) is 71.1 Å². The maximum Gasteiger partial charge on any atom is 0.241 e. The van der Waals surface area contributed by atoms with Gasteiger partial charge in [0, 0.05) is 6.54 Å². The quantitative estimate of drug-likeness (QED) is 0.814. The van der Waals surface area contributed by atoms with Gasteiger partial charge in [-0.1, -0.05) is 26.2 Å². The maximum atomic E-state index is 12.9. The van der Waals surface area contributed by atoms with E-state index in [9.17, 15) is 4.79 Å². The second-order valence-electron chi connectivity index (χ2n) is 8.10. The van der Waals surface area contributed by atoms with Gasteiger partial charge in [-0.3, -0.25) is 10.1 Å². The molecule has 1 saturated heterocycles. The second-order valence-corrected chi connectivity index (χ2v) is 8.10. The van der Waals surface area contributed by atoms with E-state index in [0.29, 0.717) is 23.4 Å². The van der Waals surface area contributed by atoms with E-state index in [1.807, 2.05) is 0 Å². The van der Waals surface area contributed by atoms with Crippen LogP contribution in [-0.4, -0.2) is 29.6 Å². The summed E-state index contributed by atoms with van der Waals surface area (Å²) in [5.74, 6) is 2.08. The van der Waals surface area contributed by atoms with Crippen molar-refractivity contribution in [3.8, 4) is 0 Å². The molecule has 4 rings (SSSR count). The Morgan fingerprint density at radius 2 is 1.90 bits per heavy atom. The van der Waals surface area contributed by atoms with Crippen LogP contribution in [0, 0.1) is 17.3 Å². The summed E-state index contributed by atoms with van der Waals surface area (Å²) < 4.78 is 0. The normalized spacial score (nSPS) is 35.7. The molecule has 21 heavy (non-hydrogen) atoms. The van der Waals surface area contributed by atoms with E-state index in [2.05, 4.69) is 17.1 Å². The predicted molar refractivity (Wildman–Crippen MR) is 83.7 cm³/mol. The highest BCUT2D eigenvalue weighted by Gasteiger charge is 2.57. The first-order valence-electron chi connectivity index (χ1n) is 9.30. The van der Waals surface area contributed by atoms with Crippen LogP contribution in [-0.2, 0) is 4.79 Å². The third-order valence-corrected chi connectivity index (χ3v) is 6.53. The van der Waals surface area contributed by atoms with Crippen LogP contribution in [0.2, 0.25) is 0 Å². The average molecular weight is 290 g/mol. The van der Waals surface area contributed by atoms with Crippen molar-refractivity contribution >= 4 is 5.91 Å². The third-order valence-electron chi connectivity index (χ3n) is 6.53. The van der Waals surface area contributed by atoms with Crippen molar-refractivity contribution in [3.63, 3.8) is 0 Å². The summed E-state index contributed by atoms with van der Waals surface area (Å²) >= 11 is 0. The Morgan fingerprint density at radius 1 is 1.19 bits per heavy atom. The van der Waals surface area contributed by atoms with Crippen molar-refractivity contribution < 1.29 is 4.79 Å². The van der Waals surface area contributed by atoms with Crippen molar-refractivity contribution in [1.82, 2.24) is 10.2 Å². The van der Waals surface area contributed by atoms with E-state index in [1.165, 1.54) is 51.4 Å². The molecule has 1 amide bonds. The molecular formula is C18H30N2O. The molecule has 1 heterocycles. The van der Waals surface area contributed by atoms with Gasteiger partial charge in [-0.25, -0.2) is 0 Å². The van der Waals surface area contributed by atoms with Crippen LogP contribution in [0.25, 0.3) is 0 Å². The zero-order valence-electron chi connectivity index (χ0n) is 13.4. The molecule has 2 unspecified atom stereocenters. The molecule has 3 aliphatic carbocycles. The number of rotatable bonds is 6. The first-order valence-corrected chi connectivity index (χ1v) is 9.30. The Bertz CT molecular complexity index is 407. The topological polar surface area (TPSA) is 32.3 Å². The van der Waals surface area contributed by atoms with Gasteiger partial charge >= 0.3 is 0 Å². The third kappa shape index (κ3) is 2.52. The summed E-state index contributed by atoms with van der Waals surface area (Å²) in [6, 6.07) is 0.107. The SMILES string of the molecule is CCCC1NC(C2CCCC2)N(CC2(C3CC3)CC2)C1=O. The lowest BCUT2D eigenvalue weighted by Gasteiger charge is -2.32. The van der Waals surface area contributed by atoms with Gasteiger partial charge in [-0.05, 0) is 62.2 Å². The van der Waals surface area contributed by atoms with Crippen molar-refractivity contribution in [2.45, 2.75) is 83.3 Å². The fourth-order valence-electron chi connectivity index (χ4n) is 4.93. The molecule has 2 atom stereocenters. The van der Waals surface area contributed by atoms with Gasteiger partial charge < -0.3 is 4.90 Å². The molecule has 3 saturated carbocycles. The summed E-state index contributed by atoms with van der Waals surface area (Å²) in [6.45, 7) is 3.25. The highest BCUT2D eigenvalue weighted by molar-refractivity contribution is 5.84. The average Bonchev–Trinajstić information content (AvgIpc) is 3.38. The summed E-state index contributed by atoms with van der Waals surface area (Å²) in [7, 11) is 0. The zero-order chi connectivity index (χ0) is 14.4. The first kappa shape index (κ1) is 14.0. The molecule has 0 bridgehead atoms. The fraction of sp³-hybridized carbons (Fsp3) is 0.944. The Balaban J connectivity index is 1.50. The molecule has 0 radical (unpaired) electrons. The lowest BCUT2D eigenvalue weighted by Crippen LogP contribution is -2.45. The zero-order valence-corrected chi connectivity index (χ0v) is 13.4. The van der Waals surface area contributed by atoms with Gasteiger partial charge in [0.25, 0.3) is 0 Å². The minimum atomic E-state index is 0.107. The fourth-order valence-corrected chi connectivity index (χ4v) is 4.93. The van der Waals surface area contributed by atoms with Crippen LogP contribution in [0.4, 0.5) is 0 Å². The molecule has 118 valence electrons. The van der Waals surface area contributed by atoms with Crippen molar-refractivity contribution in [1.29, 1.82) is 0 Å². The van der Waals surface area contributed by atoms with Crippen LogP contribution >= 0.6 is 0 Å². The molecule has 4 fully saturated rings. The standard InChI is InChI=1S/C18H30N2O/c1-2-5-15-17(21)20(12-18(10-11-18)14-8-9-14)16(19-15)13-6-3-4-7-13/h13-16,19H,2-12H2,1H3. The molecule has 0 aromatic carbocycles.